The molecule has 0 aliphatic rings. The van der Waals surface area contributed by atoms with Crippen LogP contribution >= 0.6 is 0 Å². The van der Waals surface area contributed by atoms with Crippen LogP contribution in [0.15, 0.2) is 53.1 Å². The Morgan fingerprint density at radius 1 is 1.18 bits per heavy atom. The fraction of sp³-hybridized carbons (Fsp3) is 0.150. The van der Waals surface area contributed by atoms with Crippen LogP contribution in [0, 0.1) is 0 Å². The molecular weight excluding hydrogens is 364 g/mol. The molecule has 8 heteroatoms. The van der Waals surface area contributed by atoms with Gasteiger partial charge >= 0.3 is 5.97 Å². The van der Waals surface area contributed by atoms with E-state index in [9.17, 15) is 19.5 Å². The van der Waals surface area contributed by atoms with Crippen LogP contribution in [0.5, 0.6) is 5.75 Å². The first kappa shape index (κ1) is 19.0. The number of nitrogens with two attached hydrogens (primary N) is 1. The maximum atomic E-state index is 12.2. The van der Waals surface area contributed by atoms with Gasteiger partial charge in [-0.2, -0.15) is 0 Å². The van der Waals surface area contributed by atoms with Crippen LogP contribution < -0.4 is 11.1 Å². The monoisotopic (exact) mass is 382 g/mol. The Bertz CT molecular complexity index is 1040. The Hall–Kier alpha value is -3.81. The molecule has 28 heavy (non-hydrogen) atoms. The van der Waals surface area contributed by atoms with Gasteiger partial charge in [0.25, 0.3) is 5.91 Å². The summed E-state index contributed by atoms with van der Waals surface area (Å²) < 4.78 is 10.5. The predicted molar refractivity (Wildman–Crippen MR) is 101 cm³/mol. The highest BCUT2D eigenvalue weighted by atomic mass is 16.5. The summed E-state index contributed by atoms with van der Waals surface area (Å²) in [5.41, 5.74) is 6.97. The molecule has 0 saturated heterocycles. The fourth-order valence-corrected chi connectivity index (χ4v) is 2.62. The van der Waals surface area contributed by atoms with Crippen molar-refractivity contribution in [2.24, 2.45) is 5.73 Å². The van der Waals surface area contributed by atoms with Gasteiger partial charge in [-0.3, -0.25) is 14.4 Å². The third kappa shape index (κ3) is 4.29. The van der Waals surface area contributed by atoms with Gasteiger partial charge in [0.2, 0.25) is 5.91 Å². The van der Waals surface area contributed by atoms with Crippen molar-refractivity contribution in [1.29, 1.82) is 0 Å². The molecule has 0 radical (unpaired) electrons. The predicted octanol–water partition coefficient (Wildman–Crippen LogP) is 2.35. The average molecular weight is 382 g/mol. The number of nitrogens with one attached hydrogen (secondary N) is 1. The molecular formula is C20H18N2O6. The summed E-state index contributed by atoms with van der Waals surface area (Å²) in [7, 11) is 0. The van der Waals surface area contributed by atoms with E-state index in [1.54, 1.807) is 6.07 Å². The van der Waals surface area contributed by atoms with Gasteiger partial charge in [-0.25, -0.2) is 0 Å². The van der Waals surface area contributed by atoms with Crippen LogP contribution in [0.1, 0.15) is 22.8 Å². The maximum Gasteiger partial charge on any atom is 0.311 e. The molecule has 8 nitrogen and oxygen atoms in total. The number of anilines is 1. The number of esters is 1. The Labute approximate surface area is 159 Å². The van der Waals surface area contributed by atoms with Crippen LogP contribution in [0.3, 0.4) is 0 Å². The largest absolute Gasteiger partial charge is 0.508 e. The smallest absolute Gasteiger partial charge is 0.311 e. The highest BCUT2D eigenvalue weighted by Gasteiger charge is 2.19. The normalized spacial score (nSPS) is 11.8. The van der Waals surface area contributed by atoms with Crippen LogP contribution in [0.25, 0.3) is 11.0 Å². The number of fused-ring (bicyclic) bond motifs is 1. The van der Waals surface area contributed by atoms with E-state index < -0.39 is 23.9 Å². The molecule has 144 valence electrons. The summed E-state index contributed by atoms with van der Waals surface area (Å²) in [6, 6.07) is 10.6. The Morgan fingerprint density at radius 3 is 2.57 bits per heavy atom. The number of ether oxygens (including phenoxy) is 1. The van der Waals surface area contributed by atoms with Crippen molar-refractivity contribution in [3.05, 3.63) is 59.9 Å². The third-order valence-electron chi connectivity index (χ3n) is 4.09. The number of carbonyl (C=O) groups excluding carboxylic acids is 3. The Kier molecular flexibility index (Phi) is 5.30. The number of aromatic hydroxyl groups is 1. The summed E-state index contributed by atoms with van der Waals surface area (Å²) in [5.74, 6) is -1.61. The molecule has 0 spiro atoms. The van der Waals surface area contributed by atoms with E-state index in [2.05, 4.69) is 5.32 Å². The minimum Gasteiger partial charge on any atom is -0.508 e. The van der Waals surface area contributed by atoms with Gasteiger partial charge < -0.3 is 25.3 Å². The highest BCUT2D eigenvalue weighted by molar-refractivity contribution is 5.97. The lowest BCUT2D eigenvalue weighted by Crippen LogP contribution is -2.30. The van der Waals surface area contributed by atoms with Crippen molar-refractivity contribution in [3.63, 3.8) is 0 Å². The number of rotatable bonds is 6. The van der Waals surface area contributed by atoms with E-state index in [4.69, 9.17) is 14.9 Å². The molecule has 4 N–H and O–H groups in total. The lowest BCUT2D eigenvalue weighted by molar-refractivity contribution is -0.152. The van der Waals surface area contributed by atoms with Gasteiger partial charge in [0.15, 0.2) is 6.10 Å². The number of phenols is 1. The molecule has 0 fully saturated rings. The summed E-state index contributed by atoms with van der Waals surface area (Å²) in [6.07, 6.45) is 0.310. The van der Waals surface area contributed by atoms with E-state index in [1.165, 1.54) is 49.6 Å². The van der Waals surface area contributed by atoms with Gasteiger partial charge in [-0.15, -0.1) is 0 Å². The van der Waals surface area contributed by atoms with Crippen LogP contribution in [-0.4, -0.2) is 29.0 Å². The second-order valence-corrected chi connectivity index (χ2v) is 6.18. The Balaban J connectivity index is 1.58. The first-order valence-corrected chi connectivity index (χ1v) is 8.43. The van der Waals surface area contributed by atoms with Gasteiger partial charge in [-0.05, 0) is 43.3 Å². The number of amides is 2. The van der Waals surface area contributed by atoms with Crippen molar-refractivity contribution in [2.75, 3.05) is 5.32 Å². The van der Waals surface area contributed by atoms with Gasteiger partial charge in [0.05, 0.1) is 12.7 Å². The van der Waals surface area contributed by atoms with Crippen molar-refractivity contribution >= 4 is 34.4 Å². The van der Waals surface area contributed by atoms with E-state index in [0.29, 0.717) is 27.8 Å². The van der Waals surface area contributed by atoms with Gasteiger partial charge in [0, 0.05) is 28.3 Å². The zero-order valence-corrected chi connectivity index (χ0v) is 15.0. The summed E-state index contributed by atoms with van der Waals surface area (Å²) >= 11 is 0. The van der Waals surface area contributed by atoms with Crippen molar-refractivity contribution in [1.82, 2.24) is 0 Å². The number of furan rings is 1. The number of carbonyl (C=O) groups is 3. The fourth-order valence-electron chi connectivity index (χ4n) is 2.62. The van der Waals surface area contributed by atoms with Crippen LogP contribution in [0.4, 0.5) is 5.69 Å². The van der Waals surface area contributed by atoms with E-state index >= 15 is 0 Å². The molecule has 0 saturated carbocycles. The lowest BCUT2D eigenvalue weighted by atomic mass is 10.1. The second kappa shape index (κ2) is 7.83. The van der Waals surface area contributed by atoms with Gasteiger partial charge in [0.1, 0.15) is 11.3 Å². The first-order valence-electron chi connectivity index (χ1n) is 8.43. The molecule has 0 aliphatic heterocycles. The second-order valence-electron chi connectivity index (χ2n) is 6.18. The average Bonchev–Trinajstić information content (AvgIpc) is 3.03. The lowest BCUT2D eigenvalue weighted by Gasteiger charge is -2.13. The maximum absolute atomic E-state index is 12.2. The molecule has 1 aromatic heterocycles. The first-order chi connectivity index (χ1) is 13.3. The van der Waals surface area contributed by atoms with Crippen molar-refractivity contribution in [3.8, 4) is 5.75 Å². The Morgan fingerprint density at radius 2 is 1.89 bits per heavy atom. The zero-order chi connectivity index (χ0) is 20.3. The topological polar surface area (TPSA) is 132 Å². The number of hydrogen-bond donors (Lipinski definition) is 3. The zero-order valence-electron chi connectivity index (χ0n) is 15.0. The minimum absolute atomic E-state index is 0.0603. The van der Waals surface area contributed by atoms with Crippen LogP contribution in [0.2, 0.25) is 0 Å². The number of benzene rings is 2. The van der Waals surface area contributed by atoms with E-state index in [0.717, 1.165) is 0 Å². The molecule has 0 unspecified atom stereocenters. The number of phenolic OH excluding ortho intramolecular Hbond substituents is 1. The van der Waals surface area contributed by atoms with E-state index in [1.807, 2.05) is 0 Å². The van der Waals surface area contributed by atoms with E-state index in [-0.39, 0.29) is 12.2 Å². The van der Waals surface area contributed by atoms with Gasteiger partial charge in [-0.1, -0.05) is 0 Å². The molecule has 3 aromatic rings. The summed E-state index contributed by atoms with van der Waals surface area (Å²) in [6.45, 7) is 1.45. The minimum atomic E-state index is -1.02. The summed E-state index contributed by atoms with van der Waals surface area (Å²) in [5, 5.41) is 12.7. The van der Waals surface area contributed by atoms with Crippen molar-refractivity contribution < 1.29 is 28.6 Å². The molecule has 2 amide bonds. The molecule has 3 rings (SSSR count). The summed E-state index contributed by atoms with van der Waals surface area (Å²) in [4.78, 5) is 35.4. The number of hydrogen-bond acceptors (Lipinski definition) is 6. The molecule has 0 aliphatic carbocycles. The molecule has 0 bridgehead atoms. The quantitative estimate of drug-likeness (QED) is 0.561. The third-order valence-corrected chi connectivity index (χ3v) is 4.09. The van der Waals surface area contributed by atoms with Crippen LogP contribution in [-0.2, 0) is 20.7 Å². The molecule has 1 heterocycles. The van der Waals surface area contributed by atoms with Crippen molar-refractivity contribution in [2.45, 2.75) is 19.4 Å². The molecule has 1 atom stereocenters. The number of primary amides is 1. The highest BCUT2D eigenvalue weighted by Crippen LogP contribution is 2.25. The molecule has 2 aromatic carbocycles. The standard InChI is InChI=1S/C20H18N2O6/c1-11(20(26)22-14-4-2-12(3-5-14)19(21)25)28-18(24)8-13-10-27-17-9-15(23)6-7-16(13)17/h2-7,9-11,23H,8H2,1H3,(H2,21,25)(H,22,26)/t11-/m0/s1. The SMILES string of the molecule is C[C@H](OC(=O)Cc1coc2cc(O)ccc12)C(=O)Nc1ccc(C(N)=O)cc1.